The first-order valence-electron chi connectivity index (χ1n) is 11.8. The van der Waals surface area contributed by atoms with E-state index < -0.39 is 18.0 Å². The number of carbonyl (C=O) groups excluding carboxylic acids is 1. The lowest BCUT2D eigenvalue weighted by molar-refractivity contribution is -0.144. The van der Waals surface area contributed by atoms with Gasteiger partial charge in [0.15, 0.2) is 11.9 Å². The van der Waals surface area contributed by atoms with Crippen LogP contribution in [0, 0.1) is 21.0 Å². The molecule has 1 atom stereocenters. The summed E-state index contributed by atoms with van der Waals surface area (Å²) in [7, 11) is 0. The van der Waals surface area contributed by atoms with Gasteiger partial charge in [-0.15, -0.1) is 0 Å². The zero-order valence-electron chi connectivity index (χ0n) is 21.3. The standard InChI is InChI=1S/C28H25I2N3O6/c1-16-4-5-17(2)33(16)20-6-8-21(9-7-20)37-15-22-10-11-25(39-22)27(34)32-31-14-19-12-23(29)26(24(30)13-19)38-18(3)28(35)36/h4-14,18H,15H2,1-3H3,(H,32,34)(H,35,36)/b31-14+/t18-/m0/s1. The minimum Gasteiger partial charge on any atom is -0.486 e. The Kier molecular flexibility index (Phi) is 9.32. The number of ether oxygens (including phenoxy) is 2. The fourth-order valence-electron chi connectivity index (χ4n) is 3.71. The number of hydrogen-bond donors (Lipinski definition) is 2. The Labute approximate surface area is 252 Å². The summed E-state index contributed by atoms with van der Waals surface area (Å²) in [6.07, 6.45) is 0.513. The molecule has 39 heavy (non-hydrogen) atoms. The highest BCUT2D eigenvalue weighted by molar-refractivity contribution is 14.1. The van der Waals surface area contributed by atoms with Gasteiger partial charge in [0.1, 0.15) is 23.9 Å². The largest absolute Gasteiger partial charge is 0.486 e. The van der Waals surface area contributed by atoms with E-state index in [0.29, 0.717) is 22.8 Å². The third kappa shape index (κ3) is 7.20. The third-order valence-corrected chi connectivity index (χ3v) is 7.28. The Morgan fingerprint density at radius 3 is 2.31 bits per heavy atom. The van der Waals surface area contributed by atoms with Crippen LogP contribution in [-0.2, 0) is 11.4 Å². The number of aliphatic carboxylic acids is 1. The van der Waals surface area contributed by atoms with E-state index in [1.807, 2.05) is 24.3 Å². The lowest BCUT2D eigenvalue weighted by Gasteiger charge is -2.14. The minimum absolute atomic E-state index is 0.107. The van der Waals surface area contributed by atoms with Crippen LogP contribution in [0.5, 0.6) is 11.5 Å². The molecule has 0 radical (unpaired) electrons. The Morgan fingerprint density at radius 2 is 1.69 bits per heavy atom. The second kappa shape index (κ2) is 12.7. The Morgan fingerprint density at radius 1 is 1.05 bits per heavy atom. The van der Waals surface area contributed by atoms with Gasteiger partial charge in [0.05, 0.1) is 13.4 Å². The van der Waals surface area contributed by atoms with Gasteiger partial charge in [0, 0.05) is 17.1 Å². The number of aryl methyl sites for hydroxylation is 2. The quantitative estimate of drug-likeness (QED) is 0.115. The van der Waals surface area contributed by atoms with Gasteiger partial charge in [0.2, 0.25) is 0 Å². The van der Waals surface area contributed by atoms with E-state index in [1.165, 1.54) is 13.1 Å². The van der Waals surface area contributed by atoms with Crippen LogP contribution in [0.4, 0.5) is 0 Å². The normalized spacial score (nSPS) is 11.9. The highest BCUT2D eigenvalue weighted by atomic mass is 127. The molecule has 0 spiro atoms. The molecule has 0 aliphatic heterocycles. The predicted octanol–water partition coefficient (Wildman–Crippen LogP) is 6.09. The Bertz CT molecular complexity index is 1480. The van der Waals surface area contributed by atoms with E-state index in [2.05, 4.69) is 86.3 Å². The molecule has 4 aromatic rings. The van der Waals surface area contributed by atoms with E-state index in [1.54, 1.807) is 24.3 Å². The maximum atomic E-state index is 12.5. The average Bonchev–Trinajstić information content (AvgIpc) is 3.51. The number of carbonyl (C=O) groups is 2. The van der Waals surface area contributed by atoms with Crippen molar-refractivity contribution in [3.05, 3.63) is 96.3 Å². The minimum atomic E-state index is -1.05. The van der Waals surface area contributed by atoms with Crippen molar-refractivity contribution in [2.24, 2.45) is 5.10 Å². The van der Waals surface area contributed by atoms with E-state index >= 15 is 0 Å². The lowest BCUT2D eigenvalue weighted by Crippen LogP contribution is -2.23. The molecular weight excluding hydrogens is 728 g/mol. The van der Waals surface area contributed by atoms with Crippen molar-refractivity contribution in [2.45, 2.75) is 33.5 Å². The van der Waals surface area contributed by atoms with Crippen molar-refractivity contribution in [1.29, 1.82) is 0 Å². The highest BCUT2D eigenvalue weighted by Crippen LogP contribution is 2.29. The second-order valence-corrected chi connectivity index (χ2v) is 10.9. The average molecular weight is 753 g/mol. The highest BCUT2D eigenvalue weighted by Gasteiger charge is 2.17. The van der Waals surface area contributed by atoms with Crippen molar-refractivity contribution >= 4 is 63.3 Å². The molecule has 202 valence electrons. The Balaban J connectivity index is 1.31. The number of halogens is 2. The number of carboxylic acids is 1. The first kappa shape index (κ1) is 28.7. The van der Waals surface area contributed by atoms with E-state index in [-0.39, 0.29) is 12.4 Å². The molecule has 0 unspecified atom stereocenters. The number of rotatable bonds is 10. The number of nitrogens with zero attached hydrogens (tertiary/aromatic N) is 2. The SMILES string of the molecule is Cc1ccc(C)n1-c1ccc(OCc2ccc(C(=O)N/N=C/c3cc(I)c(O[C@@H](C)C(=O)O)c(I)c3)o2)cc1. The molecule has 0 fully saturated rings. The van der Waals surface area contributed by atoms with Crippen LogP contribution in [0.2, 0.25) is 0 Å². The van der Waals surface area contributed by atoms with Gasteiger partial charge in [-0.25, -0.2) is 10.2 Å². The molecule has 9 nitrogen and oxygen atoms in total. The smallest absolute Gasteiger partial charge is 0.344 e. The van der Waals surface area contributed by atoms with Gasteiger partial charge in [0.25, 0.3) is 0 Å². The number of hydrazone groups is 1. The predicted molar refractivity (Wildman–Crippen MR) is 163 cm³/mol. The van der Waals surface area contributed by atoms with E-state index in [4.69, 9.17) is 19.0 Å². The number of aromatic nitrogens is 1. The maximum Gasteiger partial charge on any atom is 0.344 e. The summed E-state index contributed by atoms with van der Waals surface area (Å²) in [6.45, 7) is 5.76. The summed E-state index contributed by atoms with van der Waals surface area (Å²) in [4.78, 5) is 23.5. The monoisotopic (exact) mass is 753 g/mol. The van der Waals surface area contributed by atoms with Crippen molar-refractivity contribution in [2.75, 3.05) is 0 Å². The van der Waals surface area contributed by atoms with E-state index in [9.17, 15) is 9.59 Å². The van der Waals surface area contributed by atoms with Gasteiger partial charge >= 0.3 is 11.9 Å². The van der Waals surface area contributed by atoms with Crippen molar-refractivity contribution in [3.63, 3.8) is 0 Å². The molecule has 0 aliphatic rings. The first-order chi connectivity index (χ1) is 18.6. The fraction of sp³-hybridized carbons (Fsp3) is 0.179. The fourth-order valence-corrected chi connectivity index (χ4v) is 5.78. The molecule has 0 aliphatic carbocycles. The molecule has 0 saturated heterocycles. The molecule has 2 aromatic carbocycles. The number of furan rings is 1. The van der Waals surface area contributed by atoms with Crippen LogP contribution < -0.4 is 14.9 Å². The second-order valence-electron chi connectivity index (χ2n) is 8.61. The molecule has 11 heteroatoms. The third-order valence-electron chi connectivity index (χ3n) is 5.68. The van der Waals surface area contributed by atoms with Gasteiger partial charge in [-0.1, -0.05) is 0 Å². The van der Waals surface area contributed by atoms with Crippen LogP contribution in [0.25, 0.3) is 5.69 Å². The van der Waals surface area contributed by atoms with Gasteiger partial charge in [-0.05, 0) is 132 Å². The molecular formula is C28H25I2N3O6. The van der Waals surface area contributed by atoms with Crippen LogP contribution in [-0.4, -0.2) is 33.9 Å². The molecule has 2 heterocycles. The zero-order valence-corrected chi connectivity index (χ0v) is 25.6. The summed E-state index contributed by atoms with van der Waals surface area (Å²) >= 11 is 4.13. The van der Waals surface area contributed by atoms with E-state index in [0.717, 1.165) is 24.2 Å². The van der Waals surface area contributed by atoms with Gasteiger partial charge in [-0.2, -0.15) is 5.10 Å². The first-order valence-corrected chi connectivity index (χ1v) is 14.0. The van der Waals surface area contributed by atoms with Gasteiger partial charge in [-0.3, -0.25) is 4.79 Å². The number of nitrogens with one attached hydrogen (secondary N) is 1. The Hall–Kier alpha value is -3.33. The molecule has 0 saturated carbocycles. The summed E-state index contributed by atoms with van der Waals surface area (Å²) < 4.78 is 20.6. The van der Waals surface area contributed by atoms with Crippen LogP contribution >= 0.6 is 45.2 Å². The maximum absolute atomic E-state index is 12.5. The van der Waals surface area contributed by atoms with Crippen molar-refractivity contribution in [1.82, 2.24) is 9.99 Å². The number of benzene rings is 2. The molecule has 0 bridgehead atoms. The van der Waals surface area contributed by atoms with Crippen molar-refractivity contribution < 1.29 is 28.6 Å². The number of amides is 1. The molecule has 2 N–H and O–H groups in total. The number of carboxylic acid groups (broad SMARTS) is 1. The summed E-state index contributed by atoms with van der Waals surface area (Å²) in [6, 6.07) is 18.7. The topological polar surface area (TPSA) is 115 Å². The summed E-state index contributed by atoms with van der Waals surface area (Å²) in [5, 5.41) is 13.1. The van der Waals surface area contributed by atoms with Crippen molar-refractivity contribution in [3.8, 4) is 17.2 Å². The van der Waals surface area contributed by atoms with Crippen LogP contribution in [0.1, 0.15) is 40.2 Å². The molecule has 2 aromatic heterocycles. The molecule has 4 rings (SSSR count). The van der Waals surface area contributed by atoms with Crippen LogP contribution in [0.15, 0.2) is 70.2 Å². The zero-order chi connectivity index (χ0) is 28.1. The number of hydrogen-bond acceptors (Lipinski definition) is 6. The summed E-state index contributed by atoms with van der Waals surface area (Å²) in [5.41, 5.74) is 6.53. The molecule has 1 amide bonds. The van der Waals surface area contributed by atoms with Gasteiger partial charge < -0.3 is 23.6 Å². The lowest BCUT2D eigenvalue weighted by atomic mass is 10.2. The van der Waals surface area contributed by atoms with Crippen LogP contribution in [0.3, 0.4) is 0 Å². The summed E-state index contributed by atoms with van der Waals surface area (Å²) in [5.74, 6) is 0.232.